The molecule has 1 unspecified atom stereocenters. The summed E-state index contributed by atoms with van der Waals surface area (Å²) in [7, 11) is 0. The van der Waals surface area contributed by atoms with Gasteiger partial charge in [-0.3, -0.25) is 4.79 Å². The zero-order valence-corrected chi connectivity index (χ0v) is 8.60. The third-order valence-corrected chi connectivity index (χ3v) is 3.11. The first-order chi connectivity index (χ1) is 6.61. The summed E-state index contributed by atoms with van der Waals surface area (Å²) in [4.78, 5) is 11.7. The summed E-state index contributed by atoms with van der Waals surface area (Å²) in [6.07, 6.45) is 6.02. The number of hydrogen-bond donors (Lipinski definition) is 1. The number of Topliss-reactive ketones (excluding diaryl/α,β-unsaturated/α-hetero) is 1. The van der Waals surface area contributed by atoms with E-state index in [1.807, 2.05) is 13.8 Å². The quantitative estimate of drug-likeness (QED) is 0.691. The van der Waals surface area contributed by atoms with Gasteiger partial charge in [0.05, 0.1) is 0 Å². The maximum atomic E-state index is 11.7. The van der Waals surface area contributed by atoms with Gasteiger partial charge in [-0.25, -0.2) is 0 Å². The Kier molecular flexibility index (Phi) is 2.31. The smallest absolute Gasteiger partial charge is 0.169 e. The Morgan fingerprint density at radius 1 is 1.57 bits per heavy atom. The average Bonchev–Trinajstić information content (AvgIpc) is 2.56. The summed E-state index contributed by atoms with van der Waals surface area (Å²) in [5.41, 5.74) is 0.993. The molecule has 0 aromatic carbocycles. The summed E-state index contributed by atoms with van der Waals surface area (Å²) in [5, 5.41) is 9.60. The molecule has 0 heterocycles. The van der Waals surface area contributed by atoms with Gasteiger partial charge in [0.15, 0.2) is 5.78 Å². The Bertz CT molecular complexity index is 310. The van der Waals surface area contributed by atoms with Gasteiger partial charge in [-0.15, -0.1) is 0 Å². The highest BCUT2D eigenvalue weighted by atomic mass is 16.3. The fourth-order valence-electron chi connectivity index (χ4n) is 2.36. The molecule has 1 saturated carbocycles. The first-order valence-corrected chi connectivity index (χ1v) is 5.14. The molecule has 0 aromatic heterocycles. The monoisotopic (exact) mass is 192 g/mol. The zero-order chi connectivity index (χ0) is 10.3. The molecule has 2 heteroatoms. The van der Waals surface area contributed by atoms with Crippen molar-refractivity contribution in [1.29, 1.82) is 0 Å². The standard InChI is InChI=1S/C12H16O2/c1-7(2)6-10(13)12(14)11-8-4-3-5-9(8)11/h3-4,6,8-11,13H,5H2,1-2H3/t8-,9+,10?,11+/m0/s1. The third-order valence-electron chi connectivity index (χ3n) is 3.11. The normalized spacial score (nSPS) is 34.9. The second-order valence-electron chi connectivity index (χ2n) is 4.52. The number of fused-ring (bicyclic) bond motifs is 1. The van der Waals surface area contributed by atoms with Crippen molar-refractivity contribution in [2.24, 2.45) is 17.8 Å². The van der Waals surface area contributed by atoms with E-state index in [1.165, 1.54) is 0 Å². The summed E-state index contributed by atoms with van der Waals surface area (Å²) >= 11 is 0. The number of aliphatic hydroxyl groups is 1. The summed E-state index contributed by atoms with van der Waals surface area (Å²) in [5.74, 6) is 1.04. The topological polar surface area (TPSA) is 37.3 Å². The molecule has 2 nitrogen and oxygen atoms in total. The van der Waals surface area contributed by atoms with Crippen molar-refractivity contribution in [3.05, 3.63) is 23.8 Å². The molecule has 1 N–H and O–H groups in total. The van der Waals surface area contributed by atoms with Gasteiger partial charge in [0.25, 0.3) is 0 Å². The van der Waals surface area contributed by atoms with Crippen LogP contribution >= 0.6 is 0 Å². The minimum atomic E-state index is -0.885. The number of allylic oxidation sites excluding steroid dienone is 3. The van der Waals surface area contributed by atoms with Crippen LogP contribution in [0.15, 0.2) is 23.8 Å². The van der Waals surface area contributed by atoms with Gasteiger partial charge in [0.1, 0.15) is 6.10 Å². The Hall–Kier alpha value is -0.890. The van der Waals surface area contributed by atoms with Crippen LogP contribution in [0.1, 0.15) is 20.3 Å². The molecule has 0 spiro atoms. The third kappa shape index (κ3) is 1.55. The molecule has 1 fully saturated rings. The predicted octanol–water partition coefficient (Wildman–Crippen LogP) is 1.70. The van der Waals surface area contributed by atoms with E-state index in [0.29, 0.717) is 11.8 Å². The van der Waals surface area contributed by atoms with Gasteiger partial charge in [-0.1, -0.05) is 23.8 Å². The van der Waals surface area contributed by atoms with Gasteiger partial charge in [-0.05, 0) is 32.1 Å². The Balaban J connectivity index is 1.97. The molecule has 0 saturated heterocycles. The summed E-state index contributed by atoms with van der Waals surface area (Å²) in [6, 6.07) is 0. The van der Waals surface area contributed by atoms with E-state index >= 15 is 0 Å². The lowest BCUT2D eigenvalue weighted by molar-refractivity contribution is -0.126. The fraction of sp³-hybridized carbons (Fsp3) is 0.583. The van der Waals surface area contributed by atoms with E-state index < -0.39 is 6.10 Å². The van der Waals surface area contributed by atoms with Crippen LogP contribution in [0, 0.1) is 17.8 Å². The van der Waals surface area contributed by atoms with Gasteiger partial charge >= 0.3 is 0 Å². The SMILES string of the molecule is CC(C)=CC(O)C(=O)[C@@H]1[C@H]2C=CC[C@H]21. The van der Waals surface area contributed by atoms with Crippen molar-refractivity contribution in [3.63, 3.8) is 0 Å². The van der Waals surface area contributed by atoms with Crippen LogP contribution in [0.5, 0.6) is 0 Å². The molecule has 2 aliphatic carbocycles. The maximum absolute atomic E-state index is 11.7. The fourth-order valence-corrected chi connectivity index (χ4v) is 2.36. The Morgan fingerprint density at radius 2 is 2.29 bits per heavy atom. The number of rotatable bonds is 3. The number of carbonyl (C=O) groups is 1. The molecule has 0 aliphatic heterocycles. The first kappa shape index (κ1) is 9.66. The Labute approximate surface area is 84.3 Å². The van der Waals surface area contributed by atoms with E-state index in [-0.39, 0.29) is 11.7 Å². The number of ketones is 1. The average molecular weight is 192 g/mol. The molecule has 14 heavy (non-hydrogen) atoms. The molecule has 0 aromatic rings. The highest BCUT2D eigenvalue weighted by Crippen LogP contribution is 2.54. The van der Waals surface area contributed by atoms with Crippen LogP contribution in [0.25, 0.3) is 0 Å². The van der Waals surface area contributed by atoms with Crippen LogP contribution in [-0.4, -0.2) is 17.0 Å². The highest BCUT2D eigenvalue weighted by molar-refractivity contribution is 5.90. The largest absolute Gasteiger partial charge is 0.381 e. The van der Waals surface area contributed by atoms with E-state index in [2.05, 4.69) is 12.2 Å². The highest BCUT2D eigenvalue weighted by Gasteiger charge is 2.55. The maximum Gasteiger partial charge on any atom is 0.169 e. The van der Waals surface area contributed by atoms with Crippen molar-refractivity contribution in [2.45, 2.75) is 26.4 Å². The number of aliphatic hydroxyl groups excluding tert-OH is 1. The molecule has 76 valence electrons. The second-order valence-corrected chi connectivity index (χ2v) is 4.52. The predicted molar refractivity (Wildman–Crippen MR) is 54.7 cm³/mol. The Morgan fingerprint density at radius 3 is 2.79 bits per heavy atom. The van der Waals surface area contributed by atoms with Crippen molar-refractivity contribution in [3.8, 4) is 0 Å². The van der Waals surface area contributed by atoms with Gasteiger partial charge in [0.2, 0.25) is 0 Å². The molecular weight excluding hydrogens is 176 g/mol. The van der Waals surface area contributed by atoms with E-state index in [1.54, 1.807) is 6.08 Å². The van der Waals surface area contributed by atoms with Crippen LogP contribution in [0.3, 0.4) is 0 Å². The van der Waals surface area contributed by atoms with Crippen molar-refractivity contribution >= 4 is 5.78 Å². The van der Waals surface area contributed by atoms with Crippen molar-refractivity contribution < 1.29 is 9.90 Å². The minimum Gasteiger partial charge on any atom is -0.381 e. The van der Waals surface area contributed by atoms with Crippen LogP contribution in [-0.2, 0) is 4.79 Å². The summed E-state index contributed by atoms with van der Waals surface area (Å²) < 4.78 is 0. The number of hydrogen-bond acceptors (Lipinski definition) is 2. The molecule has 2 rings (SSSR count). The van der Waals surface area contributed by atoms with Crippen molar-refractivity contribution in [2.75, 3.05) is 0 Å². The van der Waals surface area contributed by atoms with Crippen LogP contribution in [0.4, 0.5) is 0 Å². The molecule has 0 amide bonds. The molecule has 2 aliphatic rings. The zero-order valence-electron chi connectivity index (χ0n) is 8.60. The van der Waals surface area contributed by atoms with Gasteiger partial charge in [0, 0.05) is 5.92 Å². The van der Waals surface area contributed by atoms with Crippen LogP contribution < -0.4 is 0 Å². The van der Waals surface area contributed by atoms with E-state index in [0.717, 1.165) is 12.0 Å². The lowest BCUT2D eigenvalue weighted by Crippen LogP contribution is -2.21. The molecule has 0 radical (unpaired) electrons. The van der Waals surface area contributed by atoms with E-state index in [4.69, 9.17) is 0 Å². The van der Waals surface area contributed by atoms with E-state index in [9.17, 15) is 9.90 Å². The lowest BCUT2D eigenvalue weighted by atomic mass is 10.0. The lowest BCUT2D eigenvalue weighted by Gasteiger charge is -2.05. The second kappa shape index (κ2) is 3.35. The van der Waals surface area contributed by atoms with Crippen LogP contribution in [0.2, 0.25) is 0 Å². The molecule has 0 bridgehead atoms. The summed E-state index contributed by atoms with van der Waals surface area (Å²) in [6.45, 7) is 3.79. The number of carbonyl (C=O) groups excluding carboxylic acids is 1. The molecule has 4 atom stereocenters. The minimum absolute atomic E-state index is 0.00514. The van der Waals surface area contributed by atoms with Gasteiger partial charge in [-0.2, -0.15) is 0 Å². The van der Waals surface area contributed by atoms with Crippen molar-refractivity contribution in [1.82, 2.24) is 0 Å². The molecular formula is C12H16O2. The van der Waals surface area contributed by atoms with Gasteiger partial charge < -0.3 is 5.11 Å². The first-order valence-electron chi connectivity index (χ1n) is 5.14.